The molecule has 1 aliphatic rings. The van der Waals surface area contributed by atoms with Gasteiger partial charge < -0.3 is 10.1 Å². The lowest BCUT2D eigenvalue weighted by molar-refractivity contribution is -0.121. The van der Waals surface area contributed by atoms with Gasteiger partial charge in [0.2, 0.25) is 5.91 Å². The van der Waals surface area contributed by atoms with Crippen LogP contribution in [-0.4, -0.2) is 42.8 Å². The van der Waals surface area contributed by atoms with Gasteiger partial charge in [-0.25, -0.2) is 0 Å². The van der Waals surface area contributed by atoms with Gasteiger partial charge in [-0.2, -0.15) is 0 Å². The van der Waals surface area contributed by atoms with Crippen LogP contribution >= 0.6 is 15.9 Å². The van der Waals surface area contributed by atoms with Crippen LogP contribution in [0.5, 0.6) is 5.75 Å². The van der Waals surface area contributed by atoms with Gasteiger partial charge in [-0.05, 0) is 48.7 Å². The highest BCUT2D eigenvalue weighted by Crippen LogP contribution is 2.26. The van der Waals surface area contributed by atoms with Crippen molar-refractivity contribution < 1.29 is 19.1 Å². The van der Waals surface area contributed by atoms with Gasteiger partial charge >= 0.3 is 0 Å². The number of carbonyl (C=O) groups is 3. The topological polar surface area (TPSA) is 75.7 Å². The number of hydrogen-bond acceptors (Lipinski definition) is 4. The van der Waals surface area contributed by atoms with Gasteiger partial charge in [-0.1, -0.05) is 28.1 Å². The Morgan fingerprint density at radius 2 is 1.79 bits per heavy atom. The molecule has 3 rings (SSSR count). The molecule has 28 heavy (non-hydrogen) atoms. The van der Waals surface area contributed by atoms with Crippen molar-refractivity contribution in [1.82, 2.24) is 10.2 Å². The zero-order valence-electron chi connectivity index (χ0n) is 15.5. The molecule has 0 bridgehead atoms. The van der Waals surface area contributed by atoms with Crippen molar-refractivity contribution in [3.63, 3.8) is 0 Å². The predicted molar refractivity (Wildman–Crippen MR) is 108 cm³/mol. The summed E-state index contributed by atoms with van der Waals surface area (Å²) >= 11 is 3.31. The Kier molecular flexibility index (Phi) is 6.46. The molecule has 1 N–H and O–H groups in total. The molecule has 1 aliphatic heterocycles. The molecule has 0 radical (unpaired) electrons. The average Bonchev–Trinajstić information content (AvgIpc) is 2.92. The first-order valence-electron chi connectivity index (χ1n) is 9.05. The monoisotopic (exact) mass is 444 g/mol. The van der Waals surface area contributed by atoms with Crippen molar-refractivity contribution in [1.29, 1.82) is 0 Å². The molecule has 1 heterocycles. The lowest BCUT2D eigenvalue weighted by atomic mass is 10.1. The standard InChI is InChI=1S/C21H21BrN2O4/c1-28-16-7-4-14(5-8-16)10-11-23-19(25)3-2-12-24-20(26)17-9-6-15(22)13-18(17)21(24)27/h4-9,13H,2-3,10-12H2,1H3,(H,23,25). The van der Waals surface area contributed by atoms with Crippen LogP contribution in [0.3, 0.4) is 0 Å². The molecule has 0 spiro atoms. The van der Waals surface area contributed by atoms with E-state index in [1.807, 2.05) is 24.3 Å². The molecule has 2 aromatic rings. The summed E-state index contributed by atoms with van der Waals surface area (Å²) in [6.45, 7) is 0.766. The quantitative estimate of drug-likeness (QED) is 0.634. The van der Waals surface area contributed by atoms with Crippen molar-refractivity contribution in [2.75, 3.05) is 20.2 Å². The largest absolute Gasteiger partial charge is 0.497 e. The van der Waals surface area contributed by atoms with Crippen LogP contribution in [0, 0.1) is 0 Å². The Hall–Kier alpha value is -2.67. The fourth-order valence-corrected chi connectivity index (χ4v) is 3.45. The predicted octanol–water partition coefficient (Wildman–Crippen LogP) is 3.19. The summed E-state index contributed by atoms with van der Waals surface area (Å²) in [5.74, 6) is 0.106. The van der Waals surface area contributed by atoms with Crippen molar-refractivity contribution in [2.24, 2.45) is 0 Å². The third-order valence-corrected chi connectivity index (χ3v) is 5.11. The number of nitrogens with one attached hydrogen (secondary N) is 1. The van der Waals surface area contributed by atoms with E-state index in [4.69, 9.17) is 4.74 Å². The van der Waals surface area contributed by atoms with Crippen LogP contribution in [0.4, 0.5) is 0 Å². The van der Waals surface area contributed by atoms with Gasteiger partial charge in [-0.15, -0.1) is 0 Å². The highest BCUT2D eigenvalue weighted by molar-refractivity contribution is 9.10. The second kappa shape index (κ2) is 9.01. The zero-order valence-corrected chi connectivity index (χ0v) is 17.1. The lowest BCUT2D eigenvalue weighted by Crippen LogP contribution is -2.32. The number of rotatable bonds is 8. The first kappa shape index (κ1) is 20.1. The molecule has 2 aromatic carbocycles. The lowest BCUT2D eigenvalue weighted by Gasteiger charge is -2.13. The highest BCUT2D eigenvalue weighted by atomic mass is 79.9. The Morgan fingerprint density at radius 3 is 2.50 bits per heavy atom. The van der Waals surface area contributed by atoms with E-state index in [0.29, 0.717) is 24.1 Å². The van der Waals surface area contributed by atoms with E-state index in [1.54, 1.807) is 25.3 Å². The minimum absolute atomic E-state index is 0.0899. The molecule has 6 nitrogen and oxygen atoms in total. The number of methoxy groups -OCH3 is 1. The number of hydrogen-bond donors (Lipinski definition) is 1. The van der Waals surface area contributed by atoms with Crippen molar-refractivity contribution in [3.8, 4) is 5.75 Å². The SMILES string of the molecule is COc1ccc(CCNC(=O)CCCN2C(=O)c3ccc(Br)cc3C2=O)cc1. The Labute approximate surface area is 172 Å². The highest BCUT2D eigenvalue weighted by Gasteiger charge is 2.35. The van der Waals surface area contributed by atoms with Crippen molar-refractivity contribution >= 4 is 33.7 Å². The molecule has 0 saturated carbocycles. The first-order valence-corrected chi connectivity index (χ1v) is 9.84. The summed E-state index contributed by atoms with van der Waals surface area (Å²) in [6, 6.07) is 12.7. The molecule has 3 amide bonds. The van der Waals surface area contributed by atoms with E-state index in [9.17, 15) is 14.4 Å². The van der Waals surface area contributed by atoms with Crippen LogP contribution in [-0.2, 0) is 11.2 Å². The average molecular weight is 445 g/mol. The molecular formula is C21H21BrN2O4. The second-order valence-corrected chi connectivity index (χ2v) is 7.42. The van der Waals surface area contributed by atoms with E-state index < -0.39 is 0 Å². The normalized spacial score (nSPS) is 12.9. The summed E-state index contributed by atoms with van der Waals surface area (Å²) in [6.07, 6.45) is 1.42. The number of amides is 3. The molecule has 0 fully saturated rings. The molecule has 146 valence electrons. The van der Waals surface area contributed by atoms with E-state index in [-0.39, 0.29) is 30.7 Å². The molecule has 0 saturated heterocycles. The molecule has 0 aliphatic carbocycles. The fraction of sp³-hybridized carbons (Fsp3) is 0.286. The van der Waals surface area contributed by atoms with E-state index in [1.165, 1.54) is 4.90 Å². The van der Waals surface area contributed by atoms with Crippen molar-refractivity contribution in [2.45, 2.75) is 19.3 Å². The summed E-state index contributed by atoms with van der Waals surface area (Å²) in [5.41, 5.74) is 1.93. The number of carbonyl (C=O) groups excluding carboxylic acids is 3. The Balaban J connectivity index is 1.40. The maximum atomic E-state index is 12.4. The van der Waals surface area contributed by atoms with Gasteiger partial charge in [-0.3, -0.25) is 19.3 Å². The summed E-state index contributed by atoms with van der Waals surface area (Å²) < 4.78 is 5.87. The van der Waals surface area contributed by atoms with Gasteiger partial charge in [0.25, 0.3) is 11.8 Å². The van der Waals surface area contributed by atoms with Crippen LogP contribution in [0.25, 0.3) is 0 Å². The number of fused-ring (bicyclic) bond motifs is 1. The van der Waals surface area contributed by atoms with E-state index >= 15 is 0 Å². The Morgan fingerprint density at radius 1 is 1.07 bits per heavy atom. The van der Waals surface area contributed by atoms with Gasteiger partial charge in [0, 0.05) is 24.0 Å². The zero-order chi connectivity index (χ0) is 20.1. The third-order valence-electron chi connectivity index (χ3n) is 4.61. The van der Waals surface area contributed by atoms with Crippen LogP contribution < -0.4 is 10.1 Å². The fourth-order valence-electron chi connectivity index (χ4n) is 3.09. The number of ether oxygens (including phenoxy) is 1. The minimum atomic E-state index is -0.304. The minimum Gasteiger partial charge on any atom is -0.497 e. The maximum Gasteiger partial charge on any atom is 0.261 e. The molecule has 0 aromatic heterocycles. The van der Waals surface area contributed by atoms with E-state index in [0.717, 1.165) is 22.2 Å². The van der Waals surface area contributed by atoms with Crippen molar-refractivity contribution in [3.05, 3.63) is 63.6 Å². The molecule has 0 unspecified atom stereocenters. The second-order valence-electron chi connectivity index (χ2n) is 6.50. The maximum absolute atomic E-state index is 12.4. The van der Waals surface area contributed by atoms with Crippen LogP contribution in [0.2, 0.25) is 0 Å². The van der Waals surface area contributed by atoms with Crippen LogP contribution in [0.1, 0.15) is 39.1 Å². The first-order chi connectivity index (χ1) is 13.5. The number of halogens is 1. The van der Waals surface area contributed by atoms with Gasteiger partial charge in [0.1, 0.15) is 5.75 Å². The number of benzene rings is 2. The number of nitrogens with zero attached hydrogens (tertiary/aromatic N) is 1. The summed E-state index contributed by atoms with van der Waals surface area (Å²) in [5, 5.41) is 2.87. The van der Waals surface area contributed by atoms with E-state index in [2.05, 4.69) is 21.2 Å². The van der Waals surface area contributed by atoms with Crippen LogP contribution in [0.15, 0.2) is 46.9 Å². The summed E-state index contributed by atoms with van der Waals surface area (Å²) in [4.78, 5) is 38.0. The third kappa shape index (κ3) is 4.59. The van der Waals surface area contributed by atoms with Gasteiger partial charge in [0.05, 0.1) is 18.2 Å². The molecule has 7 heteroatoms. The van der Waals surface area contributed by atoms with Gasteiger partial charge in [0.15, 0.2) is 0 Å². The number of imide groups is 1. The molecule has 0 atom stereocenters. The molecular weight excluding hydrogens is 424 g/mol. The summed E-state index contributed by atoms with van der Waals surface area (Å²) in [7, 11) is 1.62. The smallest absolute Gasteiger partial charge is 0.261 e. The Bertz CT molecular complexity index is 896.